The van der Waals surface area contributed by atoms with Crippen molar-refractivity contribution in [1.82, 2.24) is 0 Å². The summed E-state index contributed by atoms with van der Waals surface area (Å²) in [4.78, 5) is 32.7. The number of methoxy groups -OCH3 is 2. The van der Waals surface area contributed by atoms with Gasteiger partial charge in [-0.3, -0.25) is 0 Å². The number of nitrogens with zero attached hydrogens (tertiary/aromatic N) is 6. The van der Waals surface area contributed by atoms with Gasteiger partial charge < -0.3 is 43.4 Å². The Bertz CT molecular complexity index is 2230. The molecule has 0 bridgehead atoms. The van der Waals surface area contributed by atoms with E-state index in [1.54, 1.807) is 36.0 Å². The molecule has 0 radical (unpaired) electrons. The molecule has 4 rings (SSSR count). The summed E-state index contributed by atoms with van der Waals surface area (Å²) in [6.07, 6.45) is 1.09. The summed E-state index contributed by atoms with van der Waals surface area (Å²) in [5, 5.41) is 25.2. The van der Waals surface area contributed by atoms with Crippen LogP contribution in [0.4, 0.5) is 0 Å². The topological polar surface area (TPSA) is 237 Å². The Hall–Kier alpha value is -5.35. The number of ether oxygens (including phenoxy) is 7. The minimum atomic E-state index is -1.36. The fourth-order valence-electron chi connectivity index (χ4n) is 5.64. The SMILES string of the molecule is C.COCOc1ccc(OCCCN=[N+]=[N-])c(CSc2ccccc2)c1C(=O)O.COCOc1ccc(OCCCN=[N+]=[N-])c(CSc2ccccc2)c1C(=O)OCC[Si](C)(C)C.C[Si](C)(C)CCO. The number of aliphatic hydroxyl groups is 1. The van der Waals surface area contributed by atoms with Gasteiger partial charge in [0.05, 0.1) is 19.8 Å². The number of carbonyl (C=O) groups is 2. The van der Waals surface area contributed by atoms with Crippen molar-refractivity contribution in [1.29, 1.82) is 0 Å². The normalized spacial score (nSPS) is 10.6. The van der Waals surface area contributed by atoms with E-state index in [1.807, 2.05) is 60.7 Å². The van der Waals surface area contributed by atoms with Crippen molar-refractivity contribution in [3.8, 4) is 23.0 Å². The lowest BCUT2D eigenvalue weighted by atomic mass is 10.1. The van der Waals surface area contributed by atoms with Crippen LogP contribution >= 0.6 is 23.5 Å². The lowest BCUT2D eigenvalue weighted by Crippen LogP contribution is -2.23. The average molecular weight is 1040 g/mol. The molecule has 0 heterocycles. The Balaban J connectivity index is 0.000000615. The highest BCUT2D eigenvalue weighted by atomic mass is 32.2. The van der Waals surface area contributed by atoms with Crippen LogP contribution in [-0.4, -0.2) is 106 Å². The molecular weight excluding hydrogens is 969 g/mol. The molecule has 0 saturated carbocycles. The summed E-state index contributed by atoms with van der Waals surface area (Å²) in [5.74, 6) is 0.990. The van der Waals surface area contributed by atoms with Crippen molar-refractivity contribution < 1.29 is 53.0 Å². The minimum absolute atomic E-state index is 0. The number of hydrogen-bond acceptors (Lipinski definition) is 14. The number of benzene rings is 4. The summed E-state index contributed by atoms with van der Waals surface area (Å²) in [6, 6.07) is 28.3. The number of carbonyl (C=O) groups excluding carboxylic acids is 1. The van der Waals surface area contributed by atoms with Gasteiger partial charge >= 0.3 is 11.9 Å². The summed E-state index contributed by atoms with van der Waals surface area (Å²) in [7, 11) is 0.722. The standard InChI is InChI=1S/C24H33N3O5SSi.C19H21N3O5S.C5H14OSi.CH4/c1-29-18-32-22-12-11-21(30-14-8-13-26-27-25)20(17-33-19-9-6-5-7-10-19)23(22)24(28)31-15-16-34(2,3)4;1-25-13-27-17-9-8-16(26-11-5-10-21-22-20)15(18(17)19(23)24)12-28-14-6-3-2-4-7-14;1-7(2,3)5-4-6;/h5-7,9-12H,8,13-18H2,1-4H3;2-4,6-9H,5,10-13H2,1H3,(H,23,24);6H,4-5H2,1-3H3;1H4. The number of azide groups is 2. The maximum atomic E-state index is 13.3. The highest BCUT2D eigenvalue weighted by Crippen LogP contribution is 2.38. The smallest absolute Gasteiger partial charge is 0.342 e. The van der Waals surface area contributed by atoms with Crippen LogP contribution in [0.1, 0.15) is 52.1 Å². The number of rotatable bonds is 29. The molecule has 0 aliphatic heterocycles. The molecule has 17 nitrogen and oxygen atoms in total. The number of carboxylic acid groups (broad SMARTS) is 1. The average Bonchev–Trinajstić information content (AvgIpc) is 3.31. The quantitative estimate of drug-likeness (QED) is 0.00753. The third-order valence-electron chi connectivity index (χ3n) is 9.19. The van der Waals surface area contributed by atoms with Crippen molar-refractivity contribution in [2.75, 3.05) is 67.3 Å². The number of thioether (sulfide) groups is 2. The van der Waals surface area contributed by atoms with E-state index in [0.717, 1.165) is 21.9 Å². The number of hydrogen-bond donors (Lipinski definition) is 2. The van der Waals surface area contributed by atoms with E-state index < -0.39 is 28.1 Å². The highest BCUT2D eigenvalue weighted by molar-refractivity contribution is 7.98. The van der Waals surface area contributed by atoms with Crippen LogP contribution in [0.5, 0.6) is 23.0 Å². The van der Waals surface area contributed by atoms with Crippen molar-refractivity contribution in [3.05, 3.63) is 128 Å². The van der Waals surface area contributed by atoms with E-state index >= 15 is 0 Å². The molecule has 0 fully saturated rings. The molecule has 2 N–H and O–H groups in total. The second-order valence-electron chi connectivity index (χ2n) is 17.2. The van der Waals surface area contributed by atoms with Crippen LogP contribution in [0.15, 0.2) is 105 Å². The van der Waals surface area contributed by atoms with Crippen molar-refractivity contribution in [2.45, 2.75) is 92.9 Å². The Morgan fingerprint density at radius 3 is 1.39 bits per heavy atom. The molecule has 0 aliphatic carbocycles. The van der Waals surface area contributed by atoms with E-state index in [9.17, 15) is 14.7 Å². The molecule has 70 heavy (non-hydrogen) atoms. The third-order valence-corrected chi connectivity index (χ3v) is 14.7. The van der Waals surface area contributed by atoms with Gasteiger partial charge in [-0.15, -0.1) is 23.5 Å². The van der Waals surface area contributed by atoms with Crippen molar-refractivity contribution in [3.63, 3.8) is 0 Å². The number of carboxylic acids is 1. The van der Waals surface area contributed by atoms with E-state index in [-0.39, 0.29) is 32.3 Å². The van der Waals surface area contributed by atoms with E-state index in [2.05, 4.69) is 59.3 Å². The van der Waals surface area contributed by atoms with Gasteiger partial charge in [0, 0.05) is 92.3 Å². The summed E-state index contributed by atoms with van der Waals surface area (Å²) >= 11 is 3.10. The van der Waals surface area contributed by atoms with Gasteiger partial charge in [0.1, 0.15) is 34.1 Å². The fraction of sp³-hybridized carbons (Fsp3) is 0.469. The van der Waals surface area contributed by atoms with E-state index in [1.165, 1.54) is 26.0 Å². The first-order valence-electron chi connectivity index (χ1n) is 22.3. The molecule has 0 aliphatic rings. The van der Waals surface area contributed by atoms with Crippen LogP contribution in [0.25, 0.3) is 20.9 Å². The predicted molar refractivity (Wildman–Crippen MR) is 286 cm³/mol. The molecular formula is C49H72N6O11S2Si2. The van der Waals surface area contributed by atoms with Crippen LogP contribution in [0, 0.1) is 0 Å². The number of aromatic carboxylic acids is 1. The lowest BCUT2D eigenvalue weighted by Gasteiger charge is -2.20. The monoisotopic (exact) mass is 1040 g/mol. The Labute approximate surface area is 424 Å². The fourth-order valence-corrected chi connectivity index (χ4v) is 8.92. The van der Waals surface area contributed by atoms with Gasteiger partial charge in [-0.05, 0) is 84.5 Å². The Kier molecular flexibility index (Phi) is 32.0. The van der Waals surface area contributed by atoms with Gasteiger partial charge in [0.15, 0.2) is 13.6 Å². The second-order valence-corrected chi connectivity index (χ2v) is 30.6. The van der Waals surface area contributed by atoms with E-state index in [0.29, 0.717) is 97.8 Å². The molecule has 4 aromatic carbocycles. The first kappa shape index (κ1) is 62.7. The molecule has 0 atom stereocenters. The molecule has 21 heteroatoms. The Morgan fingerprint density at radius 2 is 1.01 bits per heavy atom. The Morgan fingerprint density at radius 1 is 0.600 bits per heavy atom. The molecule has 384 valence electrons. The molecule has 0 spiro atoms. The maximum Gasteiger partial charge on any atom is 0.342 e. The summed E-state index contributed by atoms with van der Waals surface area (Å²) < 4.78 is 38.6. The van der Waals surface area contributed by atoms with E-state index in [4.69, 9.17) is 49.3 Å². The van der Waals surface area contributed by atoms with Crippen LogP contribution in [0.3, 0.4) is 0 Å². The molecule has 0 amide bonds. The lowest BCUT2D eigenvalue weighted by molar-refractivity contribution is 0.0434. The summed E-state index contributed by atoms with van der Waals surface area (Å²) in [6.45, 7) is 15.5. The maximum absolute atomic E-state index is 13.3. The van der Waals surface area contributed by atoms with Crippen LogP contribution in [-0.2, 0) is 25.7 Å². The van der Waals surface area contributed by atoms with Gasteiger partial charge in [0.2, 0.25) is 0 Å². The van der Waals surface area contributed by atoms with Gasteiger partial charge in [0.25, 0.3) is 0 Å². The number of esters is 1. The zero-order valence-electron chi connectivity index (χ0n) is 41.1. The van der Waals surface area contributed by atoms with Gasteiger partial charge in [-0.2, -0.15) is 0 Å². The van der Waals surface area contributed by atoms with Gasteiger partial charge in [-0.1, -0.05) is 93.3 Å². The first-order chi connectivity index (χ1) is 33.1. The minimum Gasteiger partial charge on any atom is -0.493 e. The van der Waals surface area contributed by atoms with Crippen LogP contribution < -0.4 is 18.9 Å². The largest absolute Gasteiger partial charge is 0.493 e. The third kappa shape index (κ3) is 26.0. The van der Waals surface area contributed by atoms with Crippen molar-refractivity contribution >= 4 is 51.6 Å². The molecule has 0 saturated heterocycles. The first-order valence-corrected chi connectivity index (χ1v) is 31.7. The summed E-state index contributed by atoms with van der Waals surface area (Å²) in [5.41, 5.74) is 18.4. The molecule has 0 unspecified atom stereocenters. The van der Waals surface area contributed by atoms with Crippen molar-refractivity contribution in [2.24, 2.45) is 10.2 Å². The highest BCUT2D eigenvalue weighted by Gasteiger charge is 2.25. The molecule has 0 aromatic heterocycles. The molecule has 4 aromatic rings. The van der Waals surface area contributed by atoms with Gasteiger partial charge in [-0.25, -0.2) is 9.59 Å². The number of aliphatic hydroxyl groups excluding tert-OH is 1. The zero-order chi connectivity index (χ0) is 50.9. The second kappa shape index (κ2) is 35.7. The zero-order valence-corrected chi connectivity index (χ0v) is 44.7. The van der Waals surface area contributed by atoms with Crippen LogP contribution in [0.2, 0.25) is 51.4 Å². The predicted octanol–water partition coefficient (Wildman–Crippen LogP) is 13.2.